The van der Waals surface area contributed by atoms with E-state index in [1.165, 1.54) is 0 Å². The van der Waals surface area contributed by atoms with Crippen molar-refractivity contribution in [3.8, 4) is 11.5 Å². The van der Waals surface area contributed by atoms with Gasteiger partial charge in [0.25, 0.3) is 0 Å². The maximum Gasteiger partial charge on any atom is 0.243 e. The summed E-state index contributed by atoms with van der Waals surface area (Å²) in [7, 11) is -0.366. The molecule has 37 heavy (non-hydrogen) atoms. The van der Waals surface area contributed by atoms with Gasteiger partial charge in [0.05, 0.1) is 30.8 Å². The minimum absolute atomic E-state index is 0.102. The number of benzene rings is 2. The summed E-state index contributed by atoms with van der Waals surface area (Å²) in [5.41, 5.74) is 1.51. The summed E-state index contributed by atoms with van der Waals surface area (Å²) in [6.07, 6.45) is 2.64. The number of rotatable bonds is 9. The molecule has 2 aliphatic rings. The second kappa shape index (κ2) is 11.0. The Hall–Kier alpha value is -2.62. The average molecular weight is 530 g/mol. The van der Waals surface area contributed by atoms with Crippen molar-refractivity contribution in [2.45, 2.75) is 63.1 Å². The number of nitrogens with zero attached hydrogens (tertiary/aromatic N) is 2. The van der Waals surface area contributed by atoms with Gasteiger partial charge in [-0.25, -0.2) is 8.42 Å². The van der Waals surface area contributed by atoms with Crippen LogP contribution in [-0.4, -0.2) is 69.1 Å². The molecule has 0 aliphatic carbocycles. The third-order valence-corrected chi connectivity index (χ3v) is 9.88. The lowest BCUT2D eigenvalue weighted by Crippen LogP contribution is -2.60. The number of aryl methyl sites for hydroxylation is 1. The van der Waals surface area contributed by atoms with E-state index in [2.05, 4.69) is 19.2 Å². The summed E-state index contributed by atoms with van der Waals surface area (Å²) in [6.45, 7) is 7.38. The normalized spacial score (nSPS) is 20.8. The first-order chi connectivity index (χ1) is 17.6. The number of amides is 1. The molecule has 2 atom stereocenters. The highest BCUT2D eigenvalue weighted by atomic mass is 32.2. The van der Waals surface area contributed by atoms with Crippen LogP contribution in [0.4, 0.5) is 0 Å². The lowest BCUT2D eigenvalue weighted by atomic mass is 9.96. The molecular formula is C28H39N3O5S. The van der Waals surface area contributed by atoms with Crippen molar-refractivity contribution in [1.29, 1.82) is 0 Å². The number of nitrogens with one attached hydrogen (secondary N) is 1. The molecule has 1 amide bonds. The number of carbonyl (C=O) groups is 1. The molecule has 2 saturated heterocycles. The first kappa shape index (κ1) is 27.4. The van der Waals surface area contributed by atoms with Gasteiger partial charge in [0, 0.05) is 19.6 Å². The predicted octanol–water partition coefficient (Wildman–Crippen LogP) is 3.58. The van der Waals surface area contributed by atoms with E-state index in [4.69, 9.17) is 9.47 Å². The van der Waals surface area contributed by atoms with E-state index in [0.29, 0.717) is 55.3 Å². The fraction of sp³-hybridized carbons (Fsp3) is 0.536. The molecule has 2 heterocycles. The van der Waals surface area contributed by atoms with Gasteiger partial charge in [0.1, 0.15) is 0 Å². The van der Waals surface area contributed by atoms with Crippen LogP contribution >= 0.6 is 0 Å². The van der Waals surface area contributed by atoms with Gasteiger partial charge in [-0.1, -0.05) is 44.0 Å². The summed E-state index contributed by atoms with van der Waals surface area (Å²) in [5, 5.41) is 3.66. The van der Waals surface area contributed by atoms with E-state index in [9.17, 15) is 13.2 Å². The predicted molar refractivity (Wildman–Crippen MR) is 143 cm³/mol. The van der Waals surface area contributed by atoms with Crippen LogP contribution in [0.5, 0.6) is 11.5 Å². The molecule has 0 unspecified atom stereocenters. The minimum Gasteiger partial charge on any atom is -0.493 e. The Kier molecular flexibility index (Phi) is 8.16. The highest BCUT2D eigenvalue weighted by molar-refractivity contribution is 7.89. The molecule has 0 aromatic heterocycles. The smallest absolute Gasteiger partial charge is 0.243 e. The summed E-state index contributed by atoms with van der Waals surface area (Å²) < 4.78 is 38.9. The van der Waals surface area contributed by atoms with Crippen LogP contribution in [0.1, 0.15) is 44.2 Å². The third-order valence-electron chi connectivity index (χ3n) is 7.97. The highest BCUT2D eigenvalue weighted by Gasteiger charge is 2.53. The number of hydrogen-bond donors (Lipinski definition) is 1. The van der Waals surface area contributed by atoms with Crippen LogP contribution in [0, 0.1) is 12.8 Å². The Balaban J connectivity index is 1.53. The van der Waals surface area contributed by atoms with Crippen molar-refractivity contribution in [1.82, 2.24) is 14.5 Å². The first-order valence-corrected chi connectivity index (χ1v) is 14.5. The second-order valence-corrected chi connectivity index (χ2v) is 12.1. The van der Waals surface area contributed by atoms with Crippen LogP contribution in [-0.2, 0) is 21.2 Å². The number of ether oxygens (including phenoxy) is 2. The largest absolute Gasteiger partial charge is 0.493 e. The van der Waals surface area contributed by atoms with Crippen molar-refractivity contribution in [3.05, 3.63) is 53.6 Å². The second-order valence-electron chi connectivity index (χ2n) is 10.2. The molecule has 8 nitrogen and oxygen atoms in total. The van der Waals surface area contributed by atoms with Crippen molar-refractivity contribution < 1.29 is 22.7 Å². The molecule has 2 aromatic rings. The molecule has 1 N–H and O–H groups in total. The fourth-order valence-corrected chi connectivity index (χ4v) is 6.84. The van der Waals surface area contributed by atoms with Gasteiger partial charge < -0.3 is 14.4 Å². The lowest BCUT2D eigenvalue weighted by Gasteiger charge is -2.44. The zero-order valence-corrected chi connectivity index (χ0v) is 23.3. The summed E-state index contributed by atoms with van der Waals surface area (Å²) in [6, 6.07) is 12.5. The number of sulfonamides is 1. The maximum atomic E-state index is 13.6. The van der Waals surface area contributed by atoms with Crippen molar-refractivity contribution >= 4 is 15.9 Å². The van der Waals surface area contributed by atoms with Crippen LogP contribution in [0.25, 0.3) is 0 Å². The van der Waals surface area contributed by atoms with E-state index >= 15 is 0 Å². The van der Waals surface area contributed by atoms with Gasteiger partial charge in [-0.3, -0.25) is 10.1 Å². The Morgan fingerprint density at radius 1 is 1.05 bits per heavy atom. The topological polar surface area (TPSA) is 88.2 Å². The van der Waals surface area contributed by atoms with Gasteiger partial charge in [-0.15, -0.1) is 0 Å². The molecule has 2 aromatic carbocycles. The Morgan fingerprint density at radius 2 is 1.70 bits per heavy atom. The van der Waals surface area contributed by atoms with Gasteiger partial charge in [0.15, 0.2) is 11.5 Å². The quantitative estimate of drug-likeness (QED) is 0.534. The number of piperidine rings is 1. The molecule has 0 radical (unpaired) electrons. The van der Waals surface area contributed by atoms with Gasteiger partial charge >= 0.3 is 0 Å². The van der Waals surface area contributed by atoms with Crippen molar-refractivity contribution in [2.24, 2.45) is 5.92 Å². The van der Waals surface area contributed by atoms with Gasteiger partial charge in [-0.2, -0.15) is 4.31 Å². The molecule has 0 saturated carbocycles. The standard InChI is InChI=1S/C28H39N3O5S/c1-6-21(3)26-27(32)31(16-13-22-9-12-24(35-4)25(19-22)36-5)28(29-26)14-17-30(18-15-28)37(33,34)23-10-7-20(2)8-11-23/h7-12,19,21,26,29H,6,13-18H2,1-5H3/t21-,26-/m0/s1. The zero-order chi connectivity index (χ0) is 26.8. The lowest BCUT2D eigenvalue weighted by molar-refractivity contribution is -0.133. The SMILES string of the molecule is CC[C@H](C)[C@@H]1NC2(CCN(S(=O)(=O)c3ccc(C)cc3)CC2)N(CCc2ccc(OC)c(OC)c2)C1=O. The van der Waals surface area contributed by atoms with Crippen LogP contribution in [0.2, 0.25) is 0 Å². The Morgan fingerprint density at radius 3 is 2.30 bits per heavy atom. The van der Waals surface area contributed by atoms with Crippen LogP contribution in [0.15, 0.2) is 47.4 Å². The fourth-order valence-electron chi connectivity index (χ4n) is 5.40. The van der Waals surface area contributed by atoms with E-state index in [1.54, 1.807) is 30.7 Å². The summed E-state index contributed by atoms with van der Waals surface area (Å²) in [5.74, 6) is 1.61. The van der Waals surface area contributed by atoms with Crippen molar-refractivity contribution in [3.63, 3.8) is 0 Å². The molecule has 2 fully saturated rings. The molecule has 9 heteroatoms. The summed E-state index contributed by atoms with van der Waals surface area (Å²) in [4.78, 5) is 15.9. The molecule has 202 valence electrons. The van der Waals surface area contributed by atoms with E-state index in [1.807, 2.05) is 42.2 Å². The third kappa shape index (κ3) is 5.35. The van der Waals surface area contributed by atoms with E-state index < -0.39 is 15.7 Å². The molecular weight excluding hydrogens is 490 g/mol. The Labute approximate surface area is 221 Å². The summed E-state index contributed by atoms with van der Waals surface area (Å²) >= 11 is 0. The number of carbonyl (C=O) groups excluding carboxylic acids is 1. The zero-order valence-electron chi connectivity index (χ0n) is 22.5. The Bertz CT molecular complexity index is 1210. The van der Waals surface area contributed by atoms with Gasteiger partial charge in [-0.05, 0) is 61.9 Å². The van der Waals surface area contributed by atoms with Crippen LogP contribution < -0.4 is 14.8 Å². The minimum atomic E-state index is -3.58. The number of hydrogen-bond acceptors (Lipinski definition) is 6. The first-order valence-electron chi connectivity index (χ1n) is 13.0. The van der Waals surface area contributed by atoms with Crippen LogP contribution in [0.3, 0.4) is 0 Å². The maximum absolute atomic E-state index is 13.6. The monoisotopic (exact) mass is 529 g/mol. The van der Waals surface area contributed by atoms with Gasteiger partial charge in [0.2, 0.25) is 15.9 Å². The highest BCUT2D eigenvalue weighted by Crippen LogP contribution is 2.37. The van der Waals surface area contributed by atoms with E-state index in [0.717, 1.165) is 17.5 Å². The molecule has 1 spiro atoms. The molecule has 4 rings (SSSR count). The molecule has 2 aliphatic heterocycles. The van der Waals surface area contributed by atoms with Crippen molar-refractivity contribution in [2.75, 3.05) is 33.9 Å². The average Bonchev–Trinajstić information content (AvgIpc) is 3.17. The molecule has 0 bridgehead atoms. The van der Waals surface area contributed by atoms with E-state index in [-0.39, 0.29) is 17.9 Å². The number of methoxy groups -OCH3 is 2.